The van der Waals surface area contributed by atoms with Gasteiger partial charge in [-0.05, 0) is 18.2 Å². The normalized spacial score (nSPS) is 10.6. The zero-order valence-electron chi connectivity index (χ0n) is 7.61. The van der Waals surface area contributed by atoms with Crippen molar-refractivity contribution >= 4 is 27.1 Å². The summed E-state index contributed by atoms with van der Waals surface area (Å²) in [6, 6.07) is 6.05. The Morgan fingerprint density at radius 2 is 2.08 bits per heavy atom. The number of hydrogen-bond donors (Lipinski definition) is 1. The minimum Gasteiger partial charge on any atom is -0.506 e. The van der Waals surface area contributed by atoms with E-state index < -0.39 is 0 Å². The fourth-order valence-electron chi connectivity index (χ4n) is 1.28. The van der Waals surface area contributed by atoms with Crippen LogP contribution in [0.1, 0.15) is 0 Å². The first-order chi connectivity index (χ1) is 6.18. The van der Waals surface area contributed by atoms with E-state index in [9.17, 15) is 5.11 Å². The van der Waals surface area contributed by atoms with Gasteiger partial charge in [-0.2, -0.15) is 0 Å². The summed E-state index contributed by atoms with van der Waals surface area (Å²) in [5, 5.41) is 12.1. The maximum Gasteiger partial charge on any atom is 0.134 e. The number of thiophene rings is 1. The Morgan fingerprint density at radius 3 is 2.77 bits per heavy atom. The SMILES string of the molecule is CN(C)c1ccc2c(O)csc2c1. The van der Waals surface area contributed by atoms with Crippen LogP contribution in [0.4, 0.5) is 5.69 Å². The molecule has 1 aromatic carbocycles. The van der Waals surface area contributed by atoms with Gasteiger partial charge >= 0.3 is 0 Å². The van der Waals surface area contributed by atoms with Crippen molar-refractivity contribution in [3.05, 3.63) is 23.6 Å². The quantitative estimate of drug-likeness (QED) is 0.752. The fourth-order valence-corrected chi connectivity index (χ4v) is 2.14. The smallest absolute Gasteiger partial charge is 0.134 e. The molecule has 0 aliphatic heterocycles. The average molecular weight is 193 g/mol. The number of rotatable bonds is 1. The van der Waals surface area contributed by atoms with E-state index in [1.165, 1.54) is 0 Å². The zero-order chi connectivity index (χ0) is 9.42. The zero-order valence-corrected chi connectivity index (χ0v) is 8.43. The summed E-state index contributed by atoms with van der Waals surface area (Å²) in [5.74, 6) is 0.380. The first-order valence-corrected chi connectivity index (χ1v) is 4.94. The molecule has 0 unspecified atom stereocenters. The number of nitrogens with zero attached hydrogens (tertiary/aromatic N) is 1. The summed E-state index contributed by atoms with van der Waals surface area (Å²) in [7, 11) is 4.02. The summed E-state index contributed by atoms with van der Waals surface area (Å²) >= 11 is 1.57. The van der Waals surface area contributed by atoms with Gasteiger partial charge in [0.25, 0.3) is 0 Å². The van der Waals surface area contributed by atoms with E-state index in [2.05, 4.69) is 11.0 Å². The highest BCUT2D eigenvalue weighted by atomic mass is 32.1. The van der Waals surface area contributed by atoms with Gasteiger partial charge in [0.2, 0.25) is 0 Å². The monoisotopic (exact) mass is 193 g/mol. The molecule has 3 heteroatoms. The van der Waals surface area contributed by atoms with Gasteiger partial charge in [0.1, 0.15) is 5.75 Å². The van der Waals surface area contributed by atoms with Crippen LogP contribution >= 0.6 is 11.3 Å². The molecule has 2 nitrogen and oxygen atoms in total. The van der Waals surface area contributed by atoms with Gasteiger partial charge in [0, 0.05) is 35.2 Å². The lowest BCUT2D eigenvalue weighted by Crippen LogP contribution is -2.07. The van der Waals surface area contributed by atoms with E-state index in [0.29, 0.717) is 5.75 Å². The highest BCUT2D eigenvalue weighted by molar-refractivity contribution is 7.17. The summed E-state index contributed by atoms with van der Waals surface area (Å²) < 4.78 is 1.13. The van der Waals surface area contributed by atoms with E-state index in [-0.39, 0.29) is 0 Å². The third kappa shape index (κ3) is 1.35. The van der Waals surface area contributed by atoms with Crippen molar-refractivity contribution in [2.24, 2.45) is 0 Å². The molecule has 0 aliphatic carbocycles. The van der Waals surface area contributed by atoms with E-state index in [1.807, 2.05) is 26.2 Å². The van der Waals surface area contributed by atoms with Crippen molar-refractivity contribution in [1.82, 2.24) is 0 Å². The Hall–Kier alpha value is -1.22. The van der Waals surface area contributed by atoms with E-state index in [4.69, 9.17) is 0 Å². The Kier molecular flexibility index (Phi) is 1.88. The molecule has 1 aromatic heterocycles. The number of aromatic hydroxyl groups is 1. The van der Waals surface area contributed by atoms with Crippen LogP contribution in [-0.4, -0.2) is 19.2 Å². The number of benzene rings is 1. The van der Waals surface area contributed by atoms with Crippen molar-refractivity contribution in [2.45, 2.75) is 0 Å². The lowest BCUT2D eigenvalue weighted by atomic mass is 10.2. The second kappa shape index (κ2) is 2.92. The molecule has 1 N–H and O–H groups in total. The maximum absolute atomic E-state index is 9.44. The lowest BCUT2D eigenvalue weighted by molar-refractivity contribution is 0.483. The highest BCUT2D eigenvalue weighted by Gasteiger charge is 2.03. The van der Waals surface area contributed by atoms with Crippen LogP contribution in [-0.2, 0) is 0 Å². The third-order valence-electron chi connectivity index (χ3n) is 2.06. The molecular weight excluding hydrogens is 182 g/mol. The largest absolute Gasteiger partial charge is 0.506 e. The molecule has 0 radical (unpaired) electrons. The topological polar surface area (TPSA) is 23.5 Å². The second-order valence-corrected chi connectivity index (χ2v) is 4.11. The maximum atomic E-state index is 9.44. The van der Waals surface area contributed by atoms with Crippen LogP contribution in [0.5, 0.6) is 5.75 Å². The molecule has 2 aromatic rings. The van der Waals surface area contributed by atoms with Crippen LogP contribution in [0, 0.1) is 0 Å². The van der Waals surface area contributed by atoms with Crippen molar-refractivity contribution < 1.29 is 5.11 Å². The molecule has 1 heterocycles. The predicted molar refractivity (Wildman–Crippen MR) is 57.8 cm³/mol. The standard InChI is InChI=1S/C10H11NOS/c1-11(2)7-3-4-8-9(12)6-13-10(8)5-7/h3-6,12H,1-2H3. The van der Waals surface area contributed by atoms with Gasteiger partial charge in [-0.1, -0.05) is 0 Å². The molecule has 13 heavy (non-hydrogen) atoms. The van der Waals surface area contributed by atoms with Crippen LogP contribution in [0.25, 0.3) is 10.1 Å². The van der Waals surface area contributed by atoms with Crippen molar-refractivity contribution in [3.63, 3.8) is 0 Å². The summed E-state index contributed by atoms with van der Waals surface area (Å²) in [4.78, 5) is 2.05. The fraction of sp³-hybridized carbons (Fsp3) is 0.200. The molecule has 0 fully saturated rings. The van der Waals surface area contributed by atoms with Gasteiger partial charge < -0.3 is 10.0 Å². The van der Waals surface area contributed by atoms with Gasteiger partial charge in [-0.15, -0.1) is 11.3 Å². The van der Waals surface area contributed by atoms with Crippen LogP contribution in [0.2, 0.25) is 0 Å². The van der Waals surface area contributed by atoms with Crippen LogP contribution in [0.15, 0.2) is 23.6 Å². The molecule has 0 saturated carbocycles. The van der Waals surface area contributed by atoms with Crippen LogP contribution in [0.3, 0.4) is 0 Å². The molecule has 0 spiro atoms. The predicted octanol–water partition coefficient (Wildman–Crippen LogP) is 2.67. The van der Waals surface area contributed by atoms with Gasteiger partial charge in [-0.25, -0.2) is 0 Å². The Morgan fingerprint density at radius 1 is 1.31 bits per heavy atom. The molecular formula is C10H11NOS. The highest BCUT2D eigenvalue weighted by Crippen LogP contribution is 2.33. The molecule has 0 bridgehead atoms. The van der Waals surface area contributed by atoms with Gasteiger partial charge in [-0.3, -0.25) is 0 Å². The summed E-state index contributed by atoms with van der Waals surface area (Å²) in [5.41, 5.74) is 1.16. The molecule has 2 rings (SSSR count). The molecule has 0 atom stereocenters. The first kappa shape index (κ1) is 8.38. The lowest BCUT2D eigenvalue weighted by Gasteiger charge is -2.11. The number of fused-ring (bicyclic) bond motifs is 1. The minimum absolute atomic E-state index is 0.380. The third-order valence-corrected chi connectivity index (χ3v) is 2.99. The number of anilines is 1. The van der Waals surface area contributed by atoms with E-state index >= 15 is 0 Å². The summed E-state index contributed by atoms with van der Waals surface area (Å²) in [6.45, 7) is 0. The second-order valence-electron chi connectivity index (χ2n) is 3.20. The van der Waals surface area contributed by atoms with E-state index in [1.54, 1.807) is 16.7 Å². The van der Waals surface area contributed by atoms with E-state index in [0.717, 1.165) is 15.8 Å². The van der Waals surface area contributed by atoms with Gasteiger partial charge in [0.15, 0.2) is 0 Å². The summed E-state index contributed by atoms with van der Waals surface area (Å²) in [6.07, 6.45) is 0. The van der Waals surface area contributed by atoms with Crippen molar-refractivity contribution in [3.8, 4) is 5.75 Å². The molecule has 0 saturated heterocycles. The van der Waals surface area contributed by atoms with Gasteiger partial charge in [0.05, 0.1) is 0 Å². The Balaban J connectivity index is 2.63. The van der Waals surface area contributed by atoms with Crippen molar-refractivity contribution in [1.29, 1.82) is 0 Å². The molecule has 68 valence electrons. The van der Waals surface area contributed by atoms with Crippen LogP contribution < -0.4 is 4.90 Å². The Labute approximate surface area is 81.0 Å². The molecule has 0 amide bonds. The average Bonchev–Trinajstić information content (AvgIpc) is 2.47. The van der Waals surface area contributed by atoms with Crippen molar-refractivity contribution in [2.75, 3.05) is 19.0 Å². The number of hydrogen-bond acceptors (Lipinski definition) is 3. The molecule has 0 aliphatic rings. The minimum atomic E-state index is 0.380. The Bertz CT molecular complexity index is 433. The first-order valence-electron chi connectivity index (χ1n) is 4.06.